The lowest BCUT2D eigenvalue weighted by Crippen LogP contribution is -2.27. The summed E-state index contributed by atoms with van der Waals surface area (Å²) < 4.78 is 12.9. The van der Waals surface area contributed by atoms with Gasteiger partial charge in [-0.2, -0.15) is 0 Å². The maximum Gasteiger partial charge on any atom is 0.200 e. The summed E-state index contributed by atoms with van der Waals surface area (Å²) >= 11 is 3.51. The Bertz CT molecular complexity index is 1270. The summed E-state index contributed by atoms with van der Waals surface area (Å²) in [6.45, 7) is 5.29. The van der Waals surface area contributed by atoms with Gasteiger partial charge in [0.1, 0.15) is 39.6 Å². The van der Waals surface area contributed by atoms with Crippen molar-refractivity contribution in [2.45, 2.75) is 39.2 Å². The van der Waals surface area contributed by atoms with Gasteiger partial charge in [-0.1, -0.05) is 34.1 Å². The summed E-state index contributed by atoms with van der Waals surface area (Å²) in [4.78, 5) is 25.1. The highest BCUT2D eigenvalue weighted by atomic mass is 79.9. The van der Waals surface area contributed by atoms with Gasteiger partial charge < -0.3 is 19.1 Å². The number of hydrogen-bond acceptors (Lipinski definition) is 5. The molecule has 1 aliphatic rings. The quantitative estimate of drug-likeness (QED) is 0.536. The lowest BCUT2D eigenvalue weighted by Gasteiger charge is -2.28. The first-order chi connectivity index (χ1) is 14.2. The van der Waals surface area contributed by atoms with Gasteiger partial charge in [0.15, 0.2) is 5.43 Å². The summed E-state index contributed by atoms with van der Waals surface area (Å²) in [5, 5.41) is 11.0. The second kappa shape index (κ2) is 7.43. The summed E-state index contributed by atoms with van der Waals surface area (Å²) in [6, 6.07) is 9.06. The molecule has 1 N–H and O–H groups in total. The van der Waals surface area contributed by atoms with Crippen molar-refractivity contribution < 1.29 is 19.1 Å². The molecule has 6 heteroatoms. The van der Waals surface area contributed by atoms with Gasteiger partial charge in [0.25, 0.3) is 0 Å². The Morgan fingerprint density at radius 2 is 1.97 bits per heavy atom. The molecule has 4 rings (SSSR count). The van der Waals surface area contributed by atoms with Crippen LogP contribution in [0.3, 0.4) is 0 Å². The van der Waals surface area contributed by atoms with E-state index in [0.717, 1.165) is 4.47 Å². The summed E-state index contributed by atoms with van der Waals surface area (Å²) in [7, 11) is 0. The van der Waals surface area contributed by atoms with Gasteiger partial charge in [0, 0.05) is 28.1 Å². The summed E-state index contributed by atoms with van der Waals surface area (Å²) in [6.07, 6.45) is 4.01. The molecule has 0 fully saturated rings. The van der Waals surface area contributed by atoms with Crippen LogP contribution >= 0.6 is 15.9 Å². The second-order valence-corrected chi connectivity index (χ2v) is 8.82. The van der Waals surface area contributed by atoms with Gasteiger partial charge in [0.05, 0.1) is 5.56 Å². The van der Waals surface area contributed by atoms with Crippen LogP contribution in [0.1, 0.15) is 38.3 Å². The monoisotopic (exact) mass is 468 g/mol. The van der Waals surface area contributed by atoms with Crippen LogP contribution in [0.4, 0.5) is 0 Å². The number of carbonyl (C=O) groups is 1. The smallest absolute Gasteiger partial charge is 0.200 e. The normalized spacial score (nSPS) is 14.4. The number of ether oxygens (including phenoxy) is 1. The molecule has 30 heavy (non-hydrogen) atoms. The van der Waals surface area contributed by atoms with Crippen molar-refractivity contribution in [3.05, 3.63) is 62.2 Å². The molecule has 0 saturated heterocycles. The van der Waals surface area contributed by atoms with Crippen molar-refractivity contribution in [3.8, 4) is 22.8 Å². The first-order valence-corrected chi connectivity index (χ1v) is 10.5. The fourth-order valence-electron chi connectivity index (χ4n) is 3.60. The van der Waals surface area contributed by atoms with Crippen LogP contribution in [-0.4, -0.2) is 16.5 Å². The fourth-order valence-corrected chi connectivity index (χ4v) is 4.07. The second-order valence-electron chi connectivity index (χ2n) is 7.97. The highest BCUT2D eigenvalue weighted by molar-refractivity contribution is 9.10. The Morgan fingerprint density at radius 3 is 2.67 bits per heavy atom. The van der Waals surface area contributed by atoms with Gasteiger partial charge in [-0.25, -0.2) is 0 Å². The summed E-state index contributed by atoms with van der Waals surface area (Å²) in [5.74, 6) is 0.628. The predicted molar refractivity (Wildman–Crippen MR) is 120 cm³/mol. The molecule has 0 unspecified atom stereocenters. The molecular weight excluding hydrogens is 448 g/mol. The molecule has 1 aliphatic heterocycles. The van der Waals surface area contributed by atoms with E-state index in [2.05, 4.69) is 15.9 Å². The lowest BCUT2D eigenvalue weighted by molar-refractivity contribution is -0.116. The average molecular weight is 469 g/mol. The number of fused-ring (bicyclic) bond motifs is 2. The van der Waals surface area contributed by atoms with Crippen LogP contribution in [0.15, 0.2) is 50.1 Å². The lowest BCUT2D eigenvalue weighted by atomic mass is 9.96. The highest BCUT2D eigenvalue weighted by Gasteiger charge is 2.28. The van der Waals surface area contributed by atoms with E-state index < -0.39 is 5.60 Å². The number of Topliss-reactive ketones (excluding diaryl/α,β-unsaturated/α-hetero) is 1. The van der Waals surface area contributed by atoms with Gasteiger partial charge in [-0.15, -0.1) is 0 Å². The number of rotatable bonds is 4. The van der Waals surface area contributed by atoms with Crippen molar-refractivity contribution in [3.63, 3.8) is 0 Å². The van der Waals surface area contributed by atoms with E-state index >= 15 is 0 Å². The molecule has 0 radical (unpaired) electrons. The van der Waals surface area contributed by atoms with E-state index in [1.807, 2.05) is 44.2 Å². The third kappa shape index (κ3) is 3.56. The molecule has 154 valence electrons. The molecule has 0 atom stereocenters. The Balaban J connectivity index is 2.04. The minimum atomic E-state index is -0.542. The zero-order valence-electron chi connectivity index (χ0n) is 16.9. The minimum Gasteiger partial charge on any atom is -0.506 e. The van der Waals surface area contributed by atoms with Crippen LogP contribution in [0.2, 0.25) is 0 Å². The van der Waals surface area contributed by atoms with Crippen molar-refractivity contribution in [1.29, 1.82) is 0 Å². The van der Waals surface area contributed by atoms with Crippen LogP contribution in [0.5, 0.6) is 11.5 Å². The number of ketones is 1. The number of halogens is 1. The SMILES string of the molecule is CC(=O)CCc1c(-c2ccccc2Br)oc2cc3c(c(O)c2c1=O)C=CC(C)(C)O3. The molecule has 2 aromatic carbocycles. The average Bonchev–Trinajstić information content (AvgIpc) is 2.66. The van der Waals surface area contributed by atoms with Crippen molar-refractivity contribution >= 4 is 38.8 Å². The molecule has 5 nitrogen and oxygen atoms in total. The Hall–Kier alpha value is -2.86. The van der Waals surface area contributed by atoms with Gasteiger partial charge in [-0.3, -0.25) is 4.79 Å². The fraction of sp³-hybridized carbons (Fsp3) is 0.250. The molecule has 0 spiro atoms. The van der Waals surface area contributed by atoms with Crippen LogP contribution in [-0.2, 0) is 11.2 Å². The van der Waals surface area contributed by atoms with E-state index in [-0.39, 0.29) is 40.8 Å². The topological polar surface area (TPSA) is 76.7 Å². The van der Waals surface area contributed by atoms with Gasteiger partial charge in [-0.05, 0) is 45.4 Å². The zero-order chi connectivity index (χ0) is 21.6. The Morgan fingerprint density at radius 1 is 1.23 bits per heavy atom. The maximum atomic E-state index is 13.5. The standard InChI is InChI=1S/C24H21BrO5/c1-13(26)8-9-16-22(28)20-19(29-23(16)14-6-4-5-7-17(14)25)12-18-15(21(20)27)10-11-24(2,3)30-18/h4-7,10-12,27H,8-9H2,1-3H3. The number of phenols is 1. The number of carbonyl (C=O) groups excluding carboxylic acids is 1. The van der Waals surface area contributed by atoms with Crippen LogP contribution in [0.25, 0.3) is 28.4 Å². The number of benzene rings is 2. The Labute approximate surface area is 182 Å². The molecule has 3 aromatic rings. The molecular formula is C24H21BrO5. The third-order valence-corrected chi connectivity index (χ3v) is 5.81. The first kappa shape index (κ1) is 20.4. The molecule has 0 saturated carbocycles. The predicted octanol–water partition coefficient (Wildman–Crippen LogP) is 5.63. The van der Waals surface area contributed by atoms with E-state index in [0.29, 0.717) is 28.2 Å². The third-order valence-electron chi connectivity index (χ3n) is 5.12. The molecule has 1 aromatic heterocycles. The largest absolute Gasteiger partial charge is 0.506 e. The number of hydrogen-bond donors (Lipinski definition) is 1. The van der Waals surface area contributed by atoms with Crippen LogP contribution in [0, 0.1) is 0 Å². The number of aromatic hydroxyl groups is 1. The summed E-state index contributed by atoms with van der Waals surface area (Å²) in [5.41, 5.74) is 0.858. The molecule has 0 amide bonds. The first-order valence-electron chi connectivity index (χ1n) is 9.66. The Kier molecular flexibility index (Phi) is 5.06. The molecule has 0 bridgehead atoms. The minimum absolute atomic E-state index is 0.0270. The maximum absolute atomic E-state index is 13.5. The van der Waals surface area contributed by atoms with Crippen molar-refractivity contribution in [2.24, 2.45) is 0 Å². The van der Waals surface area contributed by atoms with Gasteiger partial charge in [0.2, 0.25) is 0 Å². The highest BCUT2D eigenvalue weighted by Crippen LogP contribution is 2.42. The molecule has 2 heterocycles. The van der Waals surface area contributed by atoms with E-state index in [1.165, 1.54) is 6.92 Å². The zero-order valence-corrected chi connectivity index (χ0v) is 18.5. The van der Waals surface area contributed by atoms with Crippen LogP contribution < -0.4 is 10.2 Å². The van der Waals surface area contributed by atoms with Gasteiger partial charge >= 0.3 is 0 Å². The van der Waals surface area contributed by atoms with E-state index in [1.54, 1.807) is 12.1 Å². The number of phenolic OH excluding ortho intramolecular Hbond substituents is 1. The van der Waals surface area contributed by atoms with Crippen molar-refractivity contribution in [1.82, 2.24) is 0 Å². The van der Waals surface area contributed by atoms with Crippen molar-refractivity contribution in [2.75, 3.05) is 0 Å². The van der Waals surface area contributed by atoms with E-state index in [4.69, 9.17) is 9.15 Å². The van der Waals surface area contributed by atoms with E-state index in [9.17, 15) is 14.7 Å². The molecule has 0 aliphatic carbocycles.